The van der Waals surface area contributed by atoms with Crippen LogP contribution in [-0.4, -0.2) is 24.3 Å². The molecule has 5 heteroatoms. The van der Waals surface area contributed by atoms with E-state index in [2.05, 4.69) is 22.0 Å². The number of rotatable bonds is 2. The number of piperidine rings is 1. The van der Waals surface area contributed by atoms with Crippen molar-refractivity contribution in [3.05, 3.63) is 34.1 Å². The van der Waals surface area contributed by atoms with Crippen molar-refractivity contribution in [1.29, 1.82) is 5.26 Å². The zero-order valence-electron chi connectivity index (χ0n) is 13.9. The number of benzene rings is 1. The third kappa shape index (κ3) is 2.41. The highest BCUT2D eigenvalue weighted by Crippen LogP contribution is 2.49. The minimum absolute atomic E-state index is 0.255. The topological polar surface area (TPSA) is 59.9 Å². The number of anilines is 1. The number of nitriles is 1. The minimum Gasteiger partial charge on any atom is -0.370 e. The molecule has 124 valence electrons. The molecule has 1 saturated heterocycles. The van der Waals surface area contributed by atoms with Gasteiger partial charge in [0.2, 0.25) is 0 Å². The van der Waals surface area contributed by atoms with Crippen LogP contribution in [0, 0.1) is 16.7 Å². The molecule has 1 N–H and O–H groups in total. The molecule has 1 saturated carbocycles. The molecule has 2 heterocycles. The van der Waals surface area contributed by atoms with Gasteiger partial charge in [0, 0.05) is 23.4 Å². The average Bonchev–Trinajstić information content (AvgIpc) is 2.59. The number of aromatic nitrogens is 1. The molecule has 1 aliphatic heterocycles. The Morgan fingerprint density at radius 2 is 2.00 bits per heavy atom. The van der Waals surface area contributed by atoms with Gasteiger partial charge >= 0.3 is 0 Å². The van der Waals surface area contributed by atoms with Crippen LogP contribution < -0.4 is 10.5 Å². The first-order valence-corrected chi connectivity index (χ1v) is 9.77. The Morgan fingerprint density at radius 1 is 1.25 bits per heavy atom. The number of aromatic amines is 1. The monoisotopic (exact) mass is 339 g/mol. The van der Waals surface area contributed by atoms with Crippen LogP contribution in [0.3, 0.4) is 0 Å². The lowest BCUT2D eigenvalue weighted by atomic mass is 9.63. The van der Waals surface area contributed by atoms with Gasteiger partial charge in [-0.3, -0.25) is 4.79 Å². The number of H-pyrrole nitrogens is 1. The molecule has 0 radical (unpaired) electrons. The molecule has 1 spiro atoms. The second-order valence-corrected chi connectivity index (χ2v) is 7.92. The summed E-state index contributed by atoms with van der Waals surface area (Å²) in [5.41, 5.74) is 2.17. The molecule has 0 bridgehead atoms. The van der Waals surface area contributed by atoms with Gasteiger partial charge < -0.3 is 9.88 Å². The molecule has 2 fully saturated rings. The van der Waals surface area contributed by atoms with Crippen LogP contribution in [0.1, 0.15) is 37.7 Å². The number of nitrogens with one attached hydrogen (secondary N) is 1. The van der Waals surface area contributed by atoms with E-state index in [0.29, 0.717) is 5.41 Å². The van der Waals surface area contributed by atoms with Crippen molar-refractivity contribution in [2.75, 3.05) is 24.2 Å². The second kappa shape index (κ2) is 5.86. The predicted molar refractivity (Wildman–Crippen MR) is 98.8 cm³/mol. The predicted octanol–water partition coefficient (Wildman–Crippen LogP) is 3.89. The Kier molecular flexibility index (Phi) is 3.80. The number of pyridine rings is 1. The molecule has 1 aromatic heterocycles. The maximum atomic E-state index is 12.4. The molecule has 4 nitrogen and oxygen atoms in total. The van der Waals surface area contributed by atoms with Crippen LogP contribution in [0.15, 0.2) is 27.9 Å². The smallest absolute Gasteiger partial charge is 0.268 e. The molecule has 1 aromatic carbocycles. The third-order valence-electron chi connectivity index (χ3n) is 5.86. The Morgan fingerprint density at radius 3 is 2.58 bits per heavy atom. The molecule has 0 atom stereocenters. The first kappa shape index (κ1) is 15.6. The van der Waals surface area contributed by atoms with E-state index in [1.165, 1.54) is 32.1 Å². The highest BCUT2D eigenvalue weighted by molar-refractivity contribution is 7.98. The molecule has 2 aliphatic rings. The highest BCUT2D eigenvalue weighted by atomic mass is 32.2. The van der Waals surface area contributed by atoms with Crippen LogP contribution in [0.4, 0.5) is 5.69 Å². The van der Waals surface area contributed by atoms with Crippen LogP contribution in [0.25, 0.3) is 10.9 Å². The van der Waals surface area contributed by atoms with Crippen molar-refractivity contribution in [3.63, 3.8) is 0 Å². The number of nitrogens with zero attached hydrogens (tertiary/aromatic N) is 2. The zero-order valence-corrected chi connectivity index (χ0v) is 14.7. The van der Waals surface area contributed by atoms with Gasteiger partial charge in [0.15, 0.2) is 0 Å². The van der Waals surface area contributed by atoms with Crippen molar-refractivity contribution in [1.82, 2.24) is 4.98 Å². The maximum Gasteiger partial charge on any atom is 0.268 e. The van der Waals surface area contributed by atoms with Crippen LogP contribution >= 0.6 is 11.8 Å². The van der Waals surface area contributed by atoms with E-state index in [-0.39, 0.29) is 11.1 Å². The summed E-state index contributed by atoms with van der Waals surface area (Å²) >= 11 is 1.68. The molecule has 0 unspecified atom stereocenters. The summed E-state index contributed by atoms with van der Waals surface area (Å²) in [6.45, 7) is 1.88. The highest BCUT2D eigenvalue weighted by Gasteiger charge is 2.40. The van der Waals surface area contributed by atoms with Crippen molar-refractivity contribution < 1.29 is 0 Å². The summed E-state index contributed by atoms with van der Waals surface area (Å²) in [6, 6.07) is 8.21. The fraction of sp³-hybridized carbons (Fsp3) is 0.474. The molecular weight excluding hydrogens is 318 g/mol. The lowest BCUT2D eigenvalue weighted by Crippen LogP contribution is -2.44. The van der Waals surface area contributed by atoms with Crippen molar-refractivity contribution in [3.8, 4) is 6.07 Å². The van der Waals surface area contributed by atoms with E-state index in [4.69, 9.17) is 0 Å². The first-order valence-electron chi connectivity index (χ1n) is 8.55. The zero-order chi connectivity index (χ0) is 16.7. The number of thioether (sulfide) groups is 1. The molecule has 1 aliphatic carbocycles. The van der Waals surface area contributed by atoms with Crippen LogP contribution in [-0.2, 0) is 0 Å². The summed E-state index contributed by atoms with van der Waals surface area (Å²) < 4.78 is 0. The Labute approximate surface area is 145 Å². The van der Waals surface area contributed by atoms with Gasteiger partial charge in [-0.2, -0.15) is 5.26 Å². The fourth-order valence-corrected chi connectivity index (χ4v) is 4.64. The normalized spacial score (nSPS) is 19.2. The molecule has 4 rings (SSSR count). The average molecular weight is 339 g/mol. The van der Waals surface area contributed by atoms with E-state index in [0.717, 1.165) is 34.6 Å². The minimum atomic E-state index is -0.277. The van der Waals surface area contributed by atoms with E-state index < -0.39 is 0 Å². The van der Waals surface area contributed by atoms with Gasteiger partial charge in [-0.15, -0.1) is 11.8 Å². The summed E-state index contributed by atoms with van der Waals surface area (Å²) in [4.78, 5) is 18.6. The molecule has 2 aromatic rings. The molecule has 0 amide bonds. The number of fused-ring (bicyclic) bond motifs is 1. The van der Waals surface area contributed by atoms with Crippen LogP contribution in [0.5, 0.6) is 0 Å². The van der Waals surface area contributed by atoms with Crippen molar-refractivity contribution in [2.45, 2.75) is 37.0 Å². The second-order valence-electron chi connectivity index (χ2n) is 7.04. The number of hydrogen-bond donors (Lipinski definition) is 1. The van der Waals surface area contributed by atoms with Crippen molar-refractivity contribution in [2.24, 2.45) is 5.41 Å². The number of hydrogen-bond acceptors (Lipinski definition) is 4. The van der Waals surface area contributed by atoms with Gasteiger partial charge in [-0.25, -0.2) is 0 Å². The standard InChI is InChI=1S/C19H21N3OS/c1-24-13-3-4-16-14(11-13)17(15(12-20)18(23)21-16)22-9-7-19(8-10-22)5-2-6-19/h3-4,11H,2,5-10H2,1H3,(H,21,23). The maximum absolute atomic E-state index is 12.4. The van der Waals surface area contributed by atoms with Gasteiger partial charge in [0.05, 0.1) is 11.2 Å². The Bertz CT molecular complexity index is 882. The largest absolute Gasteiger partial charge is 0.370 e. The van der Waals surface area contributed by atoms with Gasteiger partial charge in [0.25, 0.3) is 5.56 Å². The lowest BCUT2D eigenvalue weighted by molar-refractivity contribution is 0.0956. The molecule has 24 heavy (non-hydrogen) atoms. The SMILES string of the molecule is CSc1ccc2[nH]c(=O)c(C#N)c(N3CCC4(CCC4)CC3)c2c1. The van der Waals surface area contributed by atoms with E-state index >= 15 is 0 Å². The summed E-state index contributed by atoms with van der Waals surface area (Å²) in [5, 5.41) is 10.6. The molecular formula is C19H21N3OS. The van der Waals surface area contributed by atoms with Crippen molar-refractivity contribution >= 4 is 28.4 Å². The Hall–Kier alpha value is -1.93. The van der Waals surface area contributed by atoms with Gasteiger partial charge in [-0.05, 0) is 55.6 Å². The van der Waals surface area contributed by atoms with Gasteiger partial charge in [-0.1, -0.05) is 6.42 Å². The van der Waals surface area contributed by atoms with Crippen LogP contribution in [0.2, 0.25) is 0 Å². The van der Waals surface area contributed by atoms with E-state index in [1.54, 1.807) is 11.8 Å². The van der Waals surface area contributed by atoms with E-state index in [1.807, 2.05) is 18.4 Å². The quantitative estimate of drug-likeness (QED) is 0.843. The Balaban J connectivity index is 1.83. The summed E-state index contributed by atoms with van der Waals surface area (Å²) in [6.07, 6.45) is 8.44. The lowest BCUT2D eigenvalue weighted by Gasteiger charge is -2.48. The van der Waals surface area contributed by atoms with E-state index in [9.17, 15) is 10.1 Å². The third-order valence-corrected chi connectivity index (χ3v) is 6.59. The van der Waals surface area contributed by atoms with Gasteiger partial charge in [0.1, 0.15) is 11.6 Å². The fourth-order valence-electron chi connectivity index (χ4n) is 4.20. The summed E-state index contributed by atoms with van der Waals surface area (Å²) in [7, 11) is 0. The first-order chi connectivity index (χ1) is 11.7. The summed E-state index contributed by atoms with van der Waals surface area (Å²) in [5.74, 6) is 0.